The molecule has 102 valence electrons. The van der Waals surface area contributed by atoms with Gasteiger partial charge < -0.3 is 5.11 Å². The zero-order valence-corrected chi connectivity index (χ0v) is 12.1. The van der Waals surface area contributed by atoms with Gasteiger partial charge in [-0.1, -0.05) is 37.1 Å². The Morgan fingerprint density at radius 2 is 2.05 bits per heavy atom. The first kappa shape index (κ1) is 13.7. The van der Waals surface area contributed by atoms with Gasteiger partial charge in [0.1, 0.15) is 0 Å². The molecule has 0 radical (unpaired) electrons. The minimum Gasteiger partial charge on any atom is -0.493 e. The Balaban J connectivity index is 2.58. The molecule has 0 fully saturated rings. The number of aryl methyl sites for hydroxylation is 1. The van der Waals surface area contributed by atoms with Crippen LogP contribution in [0.15, 0.2) is 24.3 Å². The Bertz CT molecular complexity index is 570. The van der Waals surface area contributed by atoms with Crippen molar-refractivity contribution in [3.63, 3.8) is 0 Å². The number of aromatic nitrogens is 2. The Kier molecular flexibility index (Phi) is 3.93. The summed E-state index contributed by atoms with van der Waals surface area (Å²) >= 11 is 0. The van der Waals surface area contributed by atoms with Gasteiger partial charge in [-0.2, -0.15) is 5.10 Å². The van der Waals surface area contributed by atoms with Crippen LogP contribution < -0.4 is 0 Å². The molecule has 0 unspecified atom stereocenters. The van der Waals surface area contributed by atoms with Crippen LogP contribution in [0.3, 0.4) is 0 Å². The Morgan fingerprint density at radius 1 is 1.32 bits per heavy atom. The van der Waals surface area contributed by atoms with E-state index in [1.54, 1.807) is 4.68 Å². The smallest absolute Gasteiger partial charge is 0.213 e. The highest BCUT2D eigenvalue weighted by molar-refractivity contribution is 5.66. The third kappa shape index (κ3) is 2.65. The lowest BCUT2D eigenvalue weighted by Gasteiger charge is -2.06. The van der Waals surface area contributed by atoms with Crippen LogP contribution in [0.2, 0.25) is 0 Å². The van der Waals surface area contributed by atoms with Crippen LogP contribution in [0, 0.1) is 6.92 Å². The topological polar surface area (TPSA) is 38.0 Å². The molecule has 1 aromatic carbocycles. The van der Waals surface area contributed by atoms with Crippen LogP contribution in [0.5, 0.6) is 5.88 Å². The van der Waals surface area contributed by atoms with Crippen molar-refractivity contribution in [3.05, 3.63) is 35.4 Å². The van der Waals surface area contributed by atoms with Crippen molar-refractivity contribution in [1.29, 1.82) is 0 Å². The molecule has 2 rings (SSSR count). The van der Waals surface area contributed by atoms with Gasteiger partial charge in [-0.05, 0) is 33.3 Å². The molecule has 1 N–H and O–H groups in total. The van der Waals surface area contributed by atoms with Gasteiger partial charge >= 0.3 is 0 Å². The van der Waals surface area contributed by atoms with Crippen LogP contribution in [0.1, 0.15) is 44.4 Å². The molecule has 0 spiro atoms. The molecule has 3 nitrogen and oxygen atoms in total. The van der Waals surface area contributed by atoms with Gasteiger partial charge in [-0.3, -0.25) is 0 Å². The molecule has 0 aliphatic carbocycles. The van der Waals surface area contributed by atoms with Crippen molar-refractivity contribution >= 4 is 0 Å². The third-order valence-corrected chi connectivity index (χ3v) is 3.26. The quantitative estimate of drug-likeness (QED) is 0.896. The number of aromatic hydroxyl groups is 1. The van der Waals surface area contributed by atoms with E-state index in [0.29, 0.717) is 5.88 Å². The predicted octanol–water partition coefficient (Wildman–Crippen LogP) is 4.10. The van der Waals surface area contributed by atoms with Crippen LogP contribution in [0.4, 0.5) is 0 Å². The molecular formula is C16H22N2O. The van der Waals surface area contributed by atoms with Gasteiger partial charge in [0.05, 0.1) is 11.7 Å². The second-order valence-electron chi connectivity index (χ2n) is 5.31. The normalized spacial score (nSPS) is 11.2. The van der Waals surface area contributed by atoms with E-state index in [0.717, 1.165) is 29.7 Å². The second-order valence-corrected chi connectivity index (χ2v) is 5.31. The fraction of sp³-hybridized carbons (Fsp3) is 0.438. The lowest BCUT2D eigenvalue weighted by Crippen LogP contribution is -2.02. The van der Waals surface area contributed by atoms with Crippen LogP contribution >= 0.6 is 0 Å². The summed E-state index contributed by atoms with van der Waals surface area (Å²) in [5.74, 6) is 0.313. The van der Waals surface area contributed by atoms with Crippen molar-refractivity contribution in [2.45, 2.75) is 46.6 Å². The number of rotatable bonds is 4. The minimum absolute atomic E-state index is 0.161. The van der Waals surface area contributed by atoms with Gasteiger partial charge in [-0.15, -0.1) is 0 Å². The molecule has 1 aromatic heterocycles. The molecule has 1 heterocycles. The fourth-order valence-corrected chi connectivity index (χ4v) is 2.32. The van der Waals surface area contributed by atoms with Crippen LogP contribution in [-0.2, 0) is 6.42 Å². The minimum atomic E-state index is 0.161. The maximum atomic E-state index is 10.3. The molecule has 3 heteroatoms. The molecule has 0 bridgehead atoms. The molecule has 19 heavy (non-hydrogen) atoms. The van der Waals surface area contributed by atoms with Gasteiger partial charge in [0.25, 0.3) is 0 Å². The maximum Gasteiger partial charge on any atom is 0.213 e. The first-order valence-electron chi connectivity index (χ1n) is 6.92. The summed E-state index contributed by atoms with van der Waals surface area (Å²) in [6, 6.07) is 8.44. The Hall–Kier alpha value is -1.77. The van der Waals surface area contributed by atoms with Crippen molar-refractivity contribution in [3.8, 4) is 17.1 Å². The first-order chi connectivity index (χ1) is 9.04. The summed E-state index contributed by atoms with van der Waals surface area (Å²) in [4.78, 5) is 0. The number of hydrogen-bond acceptors (Lipinski definition) is 2. The molecule has 0 atom stereocenters. The summed E-state index contributed by atoms with van der Waals surface area (Å²) < 4.78 is 1.71. The van der Waals surface area contributed by atoms with E-state index in [1.165, 1.54) is 5.56 Å². The average molecular weight is 258 g/mol. The molecule has 0 saturated carbocycles. The largest absolute Gasteiger partial charge is 0.493 e. The summed E-state index contributed by atoms with van der Waals surface area (Å²) in [5.41, 5.74) is 4.16. The van der Waals surface area contributed by atoms with Gasteiger partial charge in [-0.25, -0.2) is 4.68 Å². The van der Waals surface area contributed by atoms with Crippen molar-refractivity contribution in [2.24, 2.45) is 0 Å². The van der Waals surface area contributed by atoms with Crippen molar-refractivity contribution < 1.29 is 5.11 Å². The van der Waals surface area contributed by atoms with Crippen molar-refractivity contribution in [1.82, 2.24) is 9.78 Å². The summed E-state index contributed by atoms with van der Waals surface area (Å²) in [6.45, 7) is 8.25. The molecular weight excluding hydrogens is 236 g/mol. The fourth-order valence-electron chi connectivity index (χ4n) is 2.32. The van der Waals surface area contributed by atoms with E-state index in [4.69, 9.17) is 0 Å². The number of benzene rings is 1. The van der Waals surface area contributed by atoms with E-state index in [2.05, 4.69) is 37.1 Å². The van der Waals surface area contributed by atoms with E-state index in [9.17, 15) is 5.11 Å². The van der Waals surface area contributed by atoms with E-state index in [-0.39, 0.29) is 6.04 Å². The molecule has 0 aliphatic heterocycles. The molecule has 0 amide bonds. The Labute approximate surface area is 114 Å². The van der Waals surface area contributed by atoms with Gasteiger partial charge in [0.15, 0.2) is 0 Å². The highest BCUT2D eigenvalue weighted by atomic mass is 16.3. The Morgan fingerprint density at radius 3 is 2.63 bits per heavy atom. The lowest BCUT2D eigenvalue weighted by atomic mass is 10.0. The highest BCUT2D eigenvalue weighted by Gasteiger charge is 2.19. The van der Waals surface area contributed by atoms with Crippen LogP contribution in [-0.4, -0.2) is 14.9 Å². The van der Waals surface area contributed by atoms with Crippen molar-refractivity contribution in [2.75, 3.05) is 0 Å². The summed E-state index contributed by atoms with van der Waals surface area (Å²) in [7, 11) is 0. The lowest BCUT2D eigenvalue weighted by molar-refractivity contribution is 0.373. The van der Waals surface area contributed by atoms with Crippen LogP contribution in [0.25, 0.3) is 11.3 Å². The van der Waals surface area contributed by atoms with E-state index < -0.39 is 0 Å². The van der Waals surface area contributed by atoms with Gasteiger partial charge in [0, 0.05) is 11.1 Å². The monoisotopic (exact) mass is 258 g/mol. The first-order valence-corrected chi connectivity index (χ1v) is 6.92. The van der Waals surface area contributed by atoms with E-state index >= 15 is 0 Å². The SMILES string of the molecule is CCCc1c(-c2cccc(C)c2)nn(C(C)C)c1O. The predicted molar refractivity (Wildman–Crippen MR) is 78.4 cm³/mol. The zero-order chi connectivity index (χ0) is 14.0. The number of nitrogens with zero attached hydrogens (tertiary/aromatic N) is 2. The molecule has 2 aromatic rings. The number of hydrogen-bond donors (Lipinski definition) is 1. The molecule has 0 aliphatic rings. The van der Waals surface area contributed by atoms with E-state index in [1.807, 2.05) is 19.9 Å². The average Bonchev–Trinajstić information content (AvgIpc) is 2.68. The summed E-state index contributed by atoms with van der Waals surface area (Å²) in [6.07, 6.45) is 1.85. The summed E-state index contributed by atoms with van der Waals surface area (Å²) in [5, 5.41) is 14.9. The third-order valence-electron chi connectivity index (χ3n) is 3.26. The second kappa shape index (κ2) is 5.47. The zero-order valence-electron chi connectivity index (χ0n) is 12.1. The highest BCUT2D eigenvalue weighted by Crippen LogP contribution is 2.32. The van der Waals surface area contributed by atoms with Gasteiger partial charge in [0.2, 0.25) is 5.88 Å². The maximum absolute atomic E-state index is 10.3. The molecule has 0 saturated heterocycles. The standard InChI is InChI=1S/C16H22N2O/c1-5-7-14-15(13-9-6-8-12(4)10-13)17-18(11(2)3)16(14)19/h6,8-11,19H,5,7H2,1-4H3.